The third-order valence-corrected chi connectivity index (χ3v) is 6.82. The van der Waals surface area contributed by atoms with Crippen LogP contribution in [0.4, 0.5) is 4.39 Å². The summed E-state index contributed by atoms with van der Waals surface area (Å²) in [6.45, 7) is 4.98. The van der Waals surface area contributed by atoms with Crippen LogP contribution in [0.2, 0.25) is 0 Å². The fraction of sp³-hybridized carbons (Fsp3) is 0.265. The van der Waals surface area contributed by atoms with Crippen LogP contribution < -0.4 is 19.5 Å². The molecule has 0 heterocycles. The topological polar surface area (TPSA) is 56.8 Å². The molecule has 0 fully saturated rings. The molecule has 0 aliphatic carbocycles. The molecule has 1 N–H and O–H groups in total. The normalized spacial score (nSPS) is 10.7. The number of methoxy groups -OCH3 is 1. The number of unbranched alkanes of at least 4 members (excludes halogenated alkanes) is 1. The maximum Gasteiger partial charge on any atom is 0.216 e. The molecule has 1 amide bonds. The van der Waals surface area contributed by atoms with Crippen molar-refractivity contribution in [3.63, 3.8) is 0 Å². The second-order valence-electron chi connectivity index (χ2n) is 9.71. The predicted octanol–water partition coefficient (Wildman–Crippen LogP) is 7.43. The van der Waals surface area contributed by atoms with Gasteiger partial charge in [-0.05, 0) is 77.8 Å². The van der Waals surface area contributed by atoms with Crippen molar-refractivity contribution in [1.29, 1.82) is 0 Å². The summed E-state index contributed by atoms with van der Waals surface area (Å²) in [7, 11) is 1.44. The van der Waals surface area contributed by atoms with Crippen molar-refractivity contribution in [2.75, 3.05) is 13.7 Å². The average Bonchev–Trinajstić information content (AvgIpc) is 2.97. The first-order chi connectivity index (χ1) is 19.4. The molecule has 0 spiro atoms. The van der Waals surface area contributed by atoms with Gasteiger partial charge in [0.25, 0.3) is 0 Å². The first-order valence-corrected chi connectivity index (χ1v) is 13.5. The molecule has 0 aliphatic rings. The maximum absolute atomic E-state index is 13.9. The Bertz CT molecular complexity index is 1420. The Morgan fingerprint density at radius 3 is 2.42 bits per heavy atom. The van der Waals surface area contributed by atoms with Crippen molar-refractivity contribution in [1.82, 2.24) is 5.32 Å². The number of amides is 1. The number of halogens is 1. The first kappa shape index (κ1) is 28.7. The van der Waals surface area contributed by atoms with Crippen molar-refractivity contribution < 1.29 is 23.4 Å². The largest absolute Gasteiger partial charge is 0.494 e. The van der Waals surface area contributed by atoms with E-state index in [1.807, 2.05) is 36.4 Å². The highest BCUT2D eigenvalue weighted by Gasteiger charge is 2.11. The van der Waals surface area contributed by atoms with Crippen LogP contribution >= 0.6 is 0 Å². The van der Waals surface area contributed by atoms with Gasteiger partial charge in [0, 0.05) is 19.5 Å². The van der Waals surface area contributed by atoms with E-state index in [4.69, 9.17) is 14.2 Å². The highest BCUT2D eigenvalue weighted by molar-refractivity contribution is 5.72. The second-order valence-corrected chi connectivity index (χ2v) is 9.71. The predicted molar refractivity (Wildman–Crippen MR) is 156 cm³/mol. The Morgan fingerprint density at radius 1 is 0.825 bits per heavy atom. The summed E-state index contributed by atoms with van der Waals surface area (Å²) >= 11 is 0. The van der Waals surface area contributed by atoms with Crippen LogP contribution in [0.25, 0.3) is 11.1 Å². The van der Waals surface area contributed by atoms with Gasteiger partial charge >= 0.3 is 0 Å². The van der Waals surface area contributed by atoms with Gasteiger partial charge in [-0.15, -0.1) is 0 Å². The van der Waals surface area contributed by atoms with Crippen molar-refractivity contribution in [3.8, 4) is 28.4 Å². The van der Waals surface area contributed by atoms with Gasteiger partial charge in [-0.3, -0.25) is 4.79 Å². The highest BCUT2D eigenvalue weighted by Crippen LogP contribution is 2.30. The zero-order chi connectivity index (χ0) is 28.3. The molecule has 0 aliphatic heterocycles. The second kappa shape index (κ2) is 14.2. The molecule has 5 nitrogen and oxygen atoms in total. The van der Waals surface area contributed by atoms with Gasteiger partial charge < -0.3 is 19.5 Å². The van der Waals surface area contributed by atoms with Gasteiger partial charge in [-0.25, -0.2) is 4.39 Å². The summed E-state index contributed by atoms with van der Waals surface area (Å²) in [5, 5.41) is 2.84. The molecule has 0 saturated carbocycles. The number of ether oxygens (including phenoxy) is 3. The monoisotopic (exact) mass is 541 g/mol. The molecule has 0 unspecified atom stereocenters. The van der Waals surface area contributed by atoms with Crippen molar-refractivity contribution in [3.05, 3.63) is 113 Å². The van der Waals surface area contributed by atoms with E-state index in [-0.39, 0.29) is 18.3 Å². The van der Waals surface area contributed by atoms with Gasteiger partial charge in [0.05, 0.1) is 7.11 Å². The maximum atomic E-state index is 13.9. The number of hydrogen-bond donors (Lipinski definition) is 1. The van der Waals surface area contributed by atoms with E-state index in [1.165, 1.54) is 36.8 Å². The minimum Gasteiger partial charge on any atom is -0.494 e. The SMILES string of the molecule is COc1cc(COc2cc(OCc3cccc(-c4ccccc4)c3C)ccc2CCCCNC(C)=O)ccc1F. The molecule has 4 aromatic carbocycles. The zero-order valence-electron chi connectivity index (χ0n) is 23.3. The van der Waals surface area contributed by atoms with Gasteiger partial charge in [-0.1, -0.05) is 60.7 Å². The van der Waals surface area contributed by atoms with Crippen LogP contribution in [-0.2, 0) is 24.4 Å². The molecule has 4 aromatic rings. The minimum absolute atomic E-state index is 0.0233. The van der Waals surface area contributed by atoms with Crippen LogP contribution in [0.1, 0.15) is 42.0 Å². The molecule has 4 rings (SSSR count). The Hall–Kier alpha value is -4.32. The van der Waals surface area contributed by atoms with E-state index < -0.39 is 5.82 Å². The lowest BCUT2D eigenvalue weighted by Crippen LogP contribution is -2.20. The molecular formula is C34H36FNO4. The van der Waals surface area contributed by atoms with Crippen molar-refractivity contribution >= 4 is 5.91 Å². The van der Waals surface area contributed by atoms with E-state index in [1.54, 1.807) is 12.1 Å². The lowest BCUT2D eigenvalue weighted by molar-refractivity contribution is -0.118. The molecule has 6 heteroatoms. The number of nitrogens with one attached hydrogen (secondary N) is 1. The fourth-order valence-corrected chi connectivity index (χ4v) is 4.56. The van der Waals surface area contributed by atoms with Crippen molar-refractivity contribution in [2.45, 2.75) is 46.3 Å². The summed E-state index contributed by atoms with van der Waals surface area (Å²) in [5.41, 5.74) is 6.52. The lowest BCUT2D eigenvalue weighted by Gasteiger charge is -2.16. The summed E-state index contributed by atoms with van der Waals surface area (Å²) in [6, 6.07) is 27.2. The quantitative estimate of drug-likeness (QED) is 0.179. The van der Waals surface area contributed by atoms with Crippen LogP contribution in [0.5, 0.6) is 17.2 Å². The average molecular weight is 542 g/mol. The third-order valence-electron chi connectivity index (χ3n) is 6.82. The molecule has 0 atom stereocenters. The molecular weight excluding hydrogens is 505 g/mol. The lowest BCUT2D eigenvalue weighted by atomic mass is 9.97. The Kier molecular flexibility index (Phi) is 10.2. The number of hydrogen-bond acceptors (Lipinski definition) is 4. The van der Waals surface area contributed by atoms with Gasteiger partial charge in [0.1, 0.15) is 24.7 Å². The van der Waals surface area contributed by atoms with Gasteiger partial charge in [-0.2, -0.15) is 0 Å². The molecule has 208 valence electrons. The Morgan fingerprint density at radius 2 is 1.65 bits per heavy atom. The fourth-order valence-electron chi connectivity index (χ4n) is 4.56. The molecule has 0 saturated heterocycles. The van der Waals surface area contributed by atoms with Gasteiger partial charge in [0.15, 0.2) is 11.6 Å². The van der Waals surface area contributed by atoms with Crippen LogP contribution in [0.3, 0.4) is 0 Å². The number of aryl methyl sites for hydroxylation is 1. The number of carbonyl (C=O) groups is 1. The van der Waals surface area contributed by atoms with Crippen molar-refractivity contribution in [2.24, 2.45) is 0 Å². The summed E-state index contributed by atoms with van der Waals surface area (Å²) < 4.78 is 31.4. The summed E-state index contributed by atoms with van der Waals surface area (Å²) in [4.78, 5) is 11.2. The van der Waals surface area contributed by atoms with E-state index >= 15 is 0 Å². The molecule has 0 aromatic heterocycles. The standard InChI is InChI=1S/C34H36FNO4/c1-24-29(13-9-14-31(24)27-10-5-4-6-11-27)23-39-30-17-16-28(12-7-8-19-36-25(2)37)33(21-30)40-22-26-15-18-32(35)34(20-26)38-3/h4-6,9-11,13-18,20-21H,7-8,12,19,22-23H2,1-3H3,(H,36,37). The van der Waals surface area contributed by atoms with Crippen LogP contribution in [-0.4, -0.2) is 19.6 Å². The smallest absolute Gasteiger partial charge is 0.216 e. The molecule has 40 heavy (non-hydrogen) atoms. The molecule has 0 bridgehead atoms. The highest BCUT2D eigenvalue weighted by atomic mass is 19.1. The zero-order valence-corrected chi connectivity index (χ0v) is 23.3. The molecule has 0 radical (unpaired) electrons. The summed E-state index contributed by atoms with van der Waals surface area (Å²) in [6.07, 6.45) is 2.55. The summed E-state index contributed by atoms with van der Waals surface area (Å²) in [5.74, 6) is 1.18. The van der Waals surface area contributed by atoms with E-state index in [0.29, 0.717) is 18.9 Å². The van der Waals surface area contributed by atoms with Crippen LogP contribution in [0.15, 0.2) is 84.9 Å². The van der Waals surface area contributed by atoms with Gasteiger partial charge in [0.2, 0.25) is 5.91 Å². The number of rotatable bonds is 13. The Balaban J connectivity index is 1.48. The van der Waals surface area contributed by atoms with E-state index in [0.717, 1.165) is 41.7 Å². The minimum atomic E-state index is -0.409. The Labute approximate surface area is 235 Å². The number of benzene rings is 4. The van der Waals surface area contributed by atoms with E-state index in [2.05, 4.69) is 42.6 Å². The van der Waals surface area contributed by atoms with Crippen LogP contribution in [0, 0.1) is 12.7 Å². The van der Waals surface area contributed by atoms with E-state index in [9.17, 15) is 9.18 Å². The third kappa shape index (κ3) is 7.85. The first-order valence-electron chi connectivity index (χ1n) is 13.5. The number of carbonyl (C=O) groups excluding carboxylic acids is 1.